The van der Waals surface area contributed by atoms with Gasteiger partial charge >= 0.3 is 11.9 Å². The molecule has 318 valence electrons. The molecule has 0 heterocycles. The van der Waals surface area contributed by atoms with Crippen LogP contribution in [0.1, 0.15) is 97.3 Å². The van der Waals surface area contributed by atoms with E-state index < -0.39 is 32.5 Å². The Kier molecular flexibility index (Phi) is 35.2. The zero-order valence-corrected chi connectivity index (χ0v) is 36.4. The van der Waals surface area contributed by atoms with Crippen molar-refractivity contribution in [1.29, 1.82) is 0 Å². The first-order chi connectivity index (χ1) is 27.5. The quantitative estimate of drug-likeness (QED) is 0.0158. The van der Waals surface area contributed by atoms with E-state index in [2.05, 4.69) is 86.8 Å². The Hall–Kier alpha value is -3.85. The Balaban J connectivity index is 4.62. The van der Waals surface area contributed by atoms with Crippen molar-refractivity contribution in [2.24, 2.45) is 0 Å². The fourth-order valence-corrected chi connectivity index (χ4v) is 5.13. The maximum absolute atomic E-state index is 12.6. The summed E-state index contributed by atoms with van der Waals surface area (Å²) in [6.45, 7) is 3.76. The standard InChI is InChI=1S/C47H72NO8P/c1-6-8-10-12-14-16-18-20-21-22-23-24-25-26-28-29-31-33-35-37-39-46(49)53-43-45(44-55-57(51,52)54-42-41-48(3,4)5)56-47(50)40-38-36-34-32-30-27-19-17-15-13-11-9-7-2/h8-11,13-17,19-21,23-24,26-28,30-34,45H,6-7,12,18,22,25,29,35-44H2,1-5H3/b10-8+,11-9+,15-13+,16-14+,19-17+,21-20+,24-23+,28-26+,30-27+,33-31+,34-32+. The van der Waals surface area contributed by atoms with Crippen LogP contribution in [0.2, 0.25) is 0 Å². The van der Waals surface area contributed by atoms with Crippen LogP contribution in [0.25, 0.3) is 0 Å². The number of allylic oxidation sites excluding steroid dienone is 22. The zero-order valence-electron chi connectivity index (χ0n) is 35.5. The van der Waals surface area contributed by atoms with Gasteiger partial charge in [0, 0.05) is 12.8 Å². The van der Waals surface area contributed by atoms with E-state index in [-0.39, 0.29) is 26.1 Å². The first-order valence-electron chi connectivity index (χ1n) is 20.5. The van der Waals surface area contributed by atoms with Crippen molar-refractivity contribution in [1.82, 2.24) is 0 Å². The summed E-state index contributed by atoms with van der Waals surface area (Å²) in [7, 11) is 1.06. The second kappa shape index (κ2) is 37.7. The fourth-order valence-electron chi connectivity index (χ4n) is 4.40. The maximum atomic E-state index is 12.6. The second-order valence-electron chi connectivity index (χ2n) is 14.0. The van der Waals surface area contributed by atoms with Crippen molar-refractivity contribution in [2.75, 3.05) is 47.5 Å². The number of ether oxygens (including phenoxy) is 2. The first kappa shape index (κ1) is 53.1. The van der Waals surface area contributed by atoms with Gasteiger partial charge in [-0.1, -0.05) is 148 Å². The Morgan fingerprint density at radius 2 is 1.00 bits per heavy atom. The van der Waals surface area contributed by atoms with Gasteiger partial charge in [0.25, 0.3) is 7.82 Å². The average Bonchev–Trinajstić information content (AvgIpc) is 3.16. The lowest BCUT2D eigenvalue weighted by molar-refractivity contribution is -0.870. The molecule has 9 nitrogen and oxygen atoms in total. The molecule has 0 spiro atoms. The van der Waals surface area contributed by atoms with Gasteiger partial charge in [0.1, 0.15) is 19.8 Å². The van der Waals surface area contributed by atoms with Gasteiger partial charge in [-0.05, 0) is 70.6 Å². The molecule has 0 bridgehead atoms. The van der Waals surface area contributed by atoms with Crippen molar-refractivity contribution in [3.05, 3.63) is 134 Å². The lowest BCUT2D eigenvalue weighted by Gasteiger charge is -2.28. The Morgan fingerprint density at radius 3 is 1.51 bits per heavy atom. The third-order valence-electron chi connectivity index (χ3n) is 7.54. The number of likely N-dealkylation sites (N-methyl/N-ethyl adjacent to an activating group) is 1. The topological polar surface area (TPSA) is 111 Å². The molecular weight excluding hydrogens is 737 g/mol. The number of hydrogen-bond acceptors (Lipinski definition) is 8. The Bertz CT molecular complexity index is 1420. The molecule has 0 aliphatic carbocycles. The predicted molar refractivity (Wildman–Crippen MR) is 235 cm³/mol. The van der Waals surface area contributed by atoms with E-state index in [0.29, 0.717) is 36.7 Å². The van der Waals surface area contributed by atoms with E-state index >= 15 is 0 Å². The highest BCUT2D eigenvalue weighted by Gasteiger charge is 2.21. The molecule has 0 saturated heterocycles. The number of nitrogens with zero attached hydrogens (tertiary/aromatic N) is 1. The van der Waals surface area contributed by atoms with Crippen LogP contribution in [0, 0.1) is 0 Å². The molecule has 0 fully saturated rings. The van der Waals surface area contributed by atoms with Gasteiger partial charge in [-0.25, -0.2) is 0 Å². The number of rotatable bonds is 34. The van der Waals surface area contributed by atoms with Gasteiger partial charge in [0.15, 0.2) is 6.10 Å². The van der Waals surface area contributed by atoms with Crippen molar-refractivity contribution >= 4 is 19.8 Å². The molecule has 2 unspecified atom stereocenters. The molecule has 2 atom stereocenters. The third kappa shape index (κ3) is 41.6. The van der Waals surface area contributed by atoms with Crippen LogP contribution in [0.3, 0.4) is 0 Å². The van der Waals surface area contributed by atoms with Crippen LogP contribution in [-0.2, 0) is 32.7 Å². The van der Waals surface area contributed by atoms with Crippen LogP contribution < -0.4 is 4.89 Å². The van der Waals surface area contributed by atoms with Gasteiger partial charge < -0.3 is 27.9 Å². The van der Waals surface area contributed by atoms with Crippen molar-refractivity contribution in [3.8, 4) is 0 Å². The second-order valence-corrected chi connectivity index (χ2v) is 15.4. The smallest absolute Gasteiger partial charge is 0.306 e. The molecule has 0 aromatic carbocycles. The number of phosphoric acid groups is 1. The zero-order chi connectivity index (χ0) is 42.1. The van der Waals surface area contributed by atoms with E-state index in [1.165, 1.54) is 0 Å². The molecule has 0 aliphatic rings. The SMILES string of the molecule is CC/C=C/C=C/C=C/C=C/C=C/CCCC(=O)OC(COC(=O)CCC/C=C/C/C=C/C/C=C/C/C=C/C/C=C/C/C=C/CC)COP(=O)([O-])OCC[N+](C)(C)C. The molecule has 0 aromatic heterocycles. The minimum Gasteiger partial charge on any atom is -0.756 e. The molecule has 0 aromatic rings. The maximum Gasteiger partial charge on any atom is 0.306 e. The summed E-state index contributed by atoms with van der Waals surface area (Å²) in [5, 5.41) is 0. The number of esters is 2. The highest BCUT2D eigenvalue weighted by atomic mass is 31.2. The summed E-state index contributed by atoms with van der Waals surface area (Å²) in [6, 6.07) is 0. The number of quaternary nitrogens is 1. The summed E-state index contributed by atoms with van der Waals surface area (Å²) in [5.74, 6) is -1.01. The summed E-state index contributed by atoms with van der Waals surface area (Å²) in [4.78, 5) is 37.4. The molecule has 10 heteroatoms. The summed E-state index contributed by atoms with van der Waals surface area (Å²) in [6.07, 6.45) is 53.6. The minimum atomic E-state index is -4.67. The first-order valence-corrected chi connectivity index (χ1v) is 21.9. The van der Waals surface area contributed by atoms with Crippen LogP contribution in [0.4, 0.5) is 0 Å². The molecule has 0 aliphatic heterocycles. The van der Waals surface area contributed by atoms with E-state index in [0.717, 1.165) is 44.9 Å². The fraction of sp³-hybridized carbons (Fsp3) is 0.489. The largest absolute Gasteiger partial charge is 0.756 e. The average molecular weight is 810 g/mol. The molecule has 0 rings (SSSR count). The van der Waals surface area contributed by atoms with Crippen LogP contribution >= 0.6 is 7.82 Å². The van der Waals surface area contributed by atoms with Gasteiger partial charge in [-0.2, -0.15) is 0 Å². The lowest BCUT2D eigenvalue weighted by atomic mass is 10.2. The summed E-state index contributed by atoms with van der Waals surface area (Å²) < 4.78 is 33.6. The summed E-state index contributed by atoms with van der Waals surface area (Å²) >= 11 is 0. The number of unbranched alkanes of at least 4 members (excludes halogenated alkanes) is 2. The monoisotopic (exact) mass is 809 g/mol. The Morgan fingerprint density at radius 1 is 0.561 bits per heavy atom. The number of carbonyl (C=O) groups excluding carboxylic acids is 2. The van der Waals surface area contributed by atoms with E-state index in [1.54, 1.807) is 0 Å². The summed E-state index contributed by atoms with van der Waals surface area (Å²) in [5.41, 5.74) is 0. The predicted octanol–water partition coefficient (Wildman–Crippen LogP) is 10.9. The van der Waals surface area contributed by atoms with Crippen LogP contribution in [-0.4, -0.2) is 70.0 Å². The molecule has 57 heavy (non-hydrogen) atoms. The highest BCUT2D eigenvalue weighted by Crippen LogP contribution is 2.38. The van der Waals surface area contributed by atoms with Crippen LogP contribution in [0.15, 0.2) is 134 Å². The van der Waals surface area contributed by atoms with Crippen molar-refractivity contribution < 1.29 is 42.1 Å². The number of phosphoric ester groups is 1. The third-order valence-corrected chi connectivity index (χ3v) is 8.51. The number of carbonyl (C=O) groups is 2. The van der Waals surface area contributed by atoms with Gasteiger partial charge in [-0.3, -0.25) is 14.2 Å². The van der Waals surface area contributed by atoms with Gasteiger partial charge in [0.05, 0.1) is 27.7 Å². The lowest BCUT2D eigenvalue weighted by Crippen LogP contribution is -2.37. The van der Waals surface area contributed by atoms with E-state index in [9.17, 15) is 19.0 Å². The van der Waals surface area contributed by atoms with Gasteiger partial charge in [-0.15, -0.1) is 0 Å². The highest BCUT2D eigenvalue weighted by molar-refractivity contribution is 7.45. The molecule has 0 radical (unpaired) electrons. The molecule has 0 N–H and O–H groups in total. The normalized spacial score (nSPS) is 15.0. The molecular formula is C47H72NO8P. The molecule has 0 amide bonds. The molecule has 0 saturated carbocycles. The van der Waals surface area contributed by atoms with Crippen molar-refractivity contribution in [3.63, 3.8) is 0 Å². The minimum absolute atomic E-state index is 0.0623. The Labute approximate surface area is 345 Å². The van der Waals surface area contributed by atoms with Crippen LogP contribution in [0.5, 0.6) is 0 Å². The number of hydrogen-bond donors (Lipinski definition) is 0. The van der Waals surface area contributed by atoms with Gasteiger partial charge in [0.2, 0.25) is 0 Å². The van der Waals surface area contributed by atoms with E-state index in [4.69, 9.17) is 18.5 Å². The van der Waals surface area contributed by atoms with Crippen molar-refractivity contribution in [2.45, 2.75) is 103 Å². The van der Waals surface area contributed by atoms with E-state index in [1.807, 2.05) is 81.9 Å².